The molecule has 0 radical (unpaired) electrons. The van der Waals surface area contributed by atoms with Crippen LogP contribution in [0.2, 0.25) is 0 Å². The van der Waals surface area contributed by atoms with Gasteiger partial charge >= 0.3 is 5.97 Å². The van der Waals surface area contributed by atoms with Crippen molar-refractivity contribution in [3.63, 3.8) is 0 Å². The molecule has 0 heterocycles. The van der Waals surface area contributed by atoms with Gasteiger partial charge < -0.3 is 15.2 Å². The number of hydrogen-bond donors (Lipinski definition) is 2. The van der Waals surface area contributed by atoms with Gasteiger partial charge in [0.1, 0.15) is 11.8 Å². The lowest BCUT2D eigenvalue weighted by atomic mass is 9.98. The van der Waals surface area contributed by atoms with Crippen LogP contribution >= 0.6 is 0 Å². The minimum absolute atomic E-state index is 0.146. The maximum Gasteiger partial charge on any atom is 0.326 e. The number of methoxy groups -OCH3 is 1. The van der Waals surface area contributed by atoms with Gasteiger partial charge in [0, 0.05) is 0 Å². The largest absolute Gasteiger partial charge is 0.496 e. The van der Waals surface area contributed by atoms with Crippen LogP contribution in [0.5, 0.6) is 5.75 Å². The number of carboxylic acids is 1. The number of aliphatic carboxylic acids is 1. The van der Waals surface area contributed by atoms with Crippen LogP contribution in [0.1, 0.15) is 36.2 Å². The van der Waals surface area contributed by atoms with Crippen LogP contribution in [-0.2, 0) is 4.79 Å². The highest BCUT2D eigenvalue weighted by Crippen LogP contribution is 2.20. The molecule has 20 heavy (non-hydrogen) atoms. The number of aryl methyl sites for hydroxylation is 1. The predicted octanol–water partition coefficient (Wildman–Crippen LogP) is 2.23. The first-order valence-electron chi connectivity index (χ1n) is 6.59. The van der Waals surface area contributed by atoms with Crippen molar-refractivity contribution in [2.24, 2.45) is 5.92 Å². The van der Waals surface area contributed by atoms with Crippen molar-refractivity contribution in [2.45, 2.75) is 33.2 Å². The van der Waals surface area contributed by atoms with Crippen LogP contribution < -0.4 is 10.1 Å². The standard InChI is InChI=1S/C15H21NO4/c1-5-10(3)13(15(18)19)16-14(17)11-8-9(2)6-7-12(11)20-4/h6-8,10,13H,5H2,1-4H3,(H,16,17)(H,18,19)/t10-,13-/m0/s1. The van der Waals surface area contributed by atoms with Crippen LogP contribution in [-0.4, -0.2) is 30.1 Å². The van der Waals surface area contributed by atoms with E-state index in [0.717, 1.165) is 5.56 Å². The second-order valence-electron chi connectivity index (χ2n) is 4.88. The third-order valence-electron chi connectivity index (χ3n) is 3.37. The van der Waals surface area contributed by atoms with Crippen LogP contribution in [0.3, 0.4) is 0 Å². The van der Waals surface area contributed by atoms with E-state index in [-0.39, 0.29) is 5.92 Å². The molecule has 0 aliphatic carbocycles. The summed E-state index contributed by atoms with van der Waals surface area (Å²) in [5.74, 6) is -1.17. The first kappa shape index (κ1) is 16.0. The molecular formula is C15H21NO4. The summed E-state index contributed by atoms with van der Waals surface area (Å²) in [5, 5.41) is 11.8. The molecule has 1 amide bonds. The van der Waals surface area contributed by atoms with Crippen LogP contribution in [0.4, 0.5) is 0 Å². The zero-order valence-corrected chi connectivity index (χ0v) is 12.3. The predicted molar refractivity (Wildman–Crippen MR) is 76.1 cm³/mol. The highest BCUT2D eigenvalue weighted by molar-refractivity contribution is 5.99. The summed E-state index contributed by atoms with van der Waals surface area (Å²) in [6.07, 6.45) is 0.669. The molecule has 2 N–H and O–H groups in total. The van der Waals surface area contributed by atoms with Gasteiger partial charge in [0.25, 0.3) is 5.91 Å². The number of carboxylic acid groups (broad SMARTS) is 1. The molecule has 0 saturated heterocycles. The van der Waals surface area contributed by atoms with E-state index < -0.39 is 17.9 Å². The molecule has 0 spiro atoms. The first-order valence-corrected chi connectivity index (χ1v) is 6.59. The Labute approximate surface area is 118 Å². The molecule has 0 aliphatic rings. The quantitative estimate of drug-likeness (QED) is 0.837. The summed E-state index contributed by atoms with van der Waals surface area (Å²) < 4.78 is 5.14. The lowest BCUT2D eigenvalue weighted by Crippen LogP contribution is -2.45. The van der Waals surface area contributed by atoms with Crippen molar-refractivity contribution < 1.29 is 19.4 Å². The molecule has 1 rings (SSSR count). The number of rotatable bonds is 6. The number of carbonyl (C=O) groups is 2. The van der Waals surface area contributed by atoms with Gasteiger partial charge in [0.05, 0.1) is 12.7 Å². The topological polar surface area (TPSA) is 75.6 Å². The van der Waals surface area contributed by atoms with Gasteiger partial charge in [0.2, 0.25) is 0 Å². The smallest absolute Gasteiger partial charge is 0.326 e. The maximum atomic E-state index is 12.3. The fourth-order valence-corrected chi connectivity index (χ4v) is 1.90. The van der Waals surface area contributed by atoms with E-state index in [1.54, 1.807) is 19.1 Å². The summed E-state index contributed by atoms with van der Waals surface area (Å²) in [4.78, 5) is 23.5. The summed E-state index contributed by atoms with van der Waals surface area (Å²) in [7, 11) is 1.48. The maximum absolute atomic E-state index is 12.3. The van der Waals surface area contributed by atoms with Gasteiger partial charge in [-0.1, -0.05) is 31.9 Å². The Morgan fingerprint density at radius 1 is 1.40 bits per heavy atom. The molecule has 1 aromatic carbocycles. The Bertz CT molecular complexity index is 499. The summed E-state index contributed by atoms with van der Waals surface area (Å²) >= 11 is 0. The summed E-state index contributed by atoms with van der Waals surface area (Å²) in [6, 6.07) is 4.31. The SMILES string of the molecule is CC[C@H](C)[C@H](NC(=O)c1cc(C)ccc1OC)C(=O)O. The van der Waals surface area contributed by atoms with Gasteiger partial charge in [-0.15, -0.1) is 0 Å². The van der Waals surface area contributed by atoms with E-state index in [1.165, 1.54) is 7.11 Å². The van der Waals surface area contributed by atoms with Gasteiger partial charge in [-0.3, -0.25) is 4.79 Å². The minimum atomic E-state index is -1.03. The van der Waals surface area contributed by atoms with Crippen molar-refractivity contribution >= 4 is 11.9 Å². The fourth-order valence-electron chi connectivity index (χ4n) is 1.90. The number of benzene rings is 1. The molecule has 5 heteroatoms. The number of hydrogen-bond acceptors (Lipinski definition) is 3. The second kappa shape index (κ2) is 6.93. The lowest BCUT2D eigenvalue weighted by Gasteiger charge is -2.20. The second-order valence-corrected chi connectivity index (χ2v) is 4.88. The Morgan fingerprint density at radius 3 is 2.55 bits per heavy atom. The molecule has 0 aliphatic heterocycles. The van der Waals surface area contributed by atoms with Crippen LogP contribution in [0, 0.1) is 12.8 Å². The Kier molecular flexibility index (Phi) is 5.55. The van der Waals surface area contributed by atoms with Gasteiger partial charge in [-0.05, 0) is 25.0 Å². The van der Waals surface area contributed by atoms with Gasteiger partial charge in [0.15, 0.2) is 0 Å². The van der Waals surface area contributed by atoms with Crippen molar-refractivity contribution in [2.75, 3.05) is 7.11 Å². The van der Waals surface area contributed by atoms with Gasteiger partial charge in [-0.2, -0.15) is 0 Å². The van der Waals surface area contributed by atoms with Crippen molar-refractivity contribution in [3.05, 3.63) is 29.3 Å². The highest BCUT2D eigenvalue weighted by Gasteiger charge is 2.26. The number of ether oxygens (including phenoxy) is 1. The van der Waals surface area contributed by atoms with E-state index in [9.17, 15) is 14.7 Å². The number of amides is 1. The lowest BCUT2D eigenvalue weighted by molar-refractivity contribution is -0.140. The molecule has 5 nitrogen and oxygen atoms in total. The van der Waals surface area contributed by atoms with Crippen LogP contribution in [0.15, 0.2) is 18.2 Å². The molecule has 110 valence electrons. The minimum Gasteiger partial charge on any atom is -0.496 e. The van der Waals surface area contributed by atoms with Gasteiger partial charge in [-0.25, -0.2) is 4.79 Å². The highest BCUT2D eigenvalue weighted by atomic mass is 16.5. The van der Waals surface area contributed by atoms with Crippen molar-refractivity contribution in [3.8, 4) is 5.75 Å². The Morgan fingerprint density at radius 2 is 2.05 bits per heavy atom. The first-order chi connectivity index (χ1) is 9.40. The molecule has 0 bridgehead atoms. The molecule has 2 atom stereocenters. The van der Waals surface area contributed by atoms with Crippen molar-refractivity contribution in [1.82, 2.24) is 5.32 Å². The molecule has 1 aromatic rings. The van der Waals surface area contributed by atoms with E-state index in [0.29, 0.717) is 17.7 Å². The summed E-state index contributed by atoms with van der Waals surface area (Å²) in [6.45, 7) is 5.55. The third-order valence-corrected chi connectivity index (χ3v) is 3.37. The zero-order chi connectivity index (χ0) is 15.3. The van der Waals surface area contributed by atoms with E-state index >= 15 is 0 Å². The zero-order valence-electron chi connectivity index (χ0n) is 12.3. The number of carbonyl (C=O) groups excluding carboxylic acids is 1. The monoisotopic (exact) mass is 279 g/mol. The fraction of sp³-hybridized carbons (Fsp3) is 0.467. The normalized spacial score (nSPS) is 13.4. The van der Waals surface area contributed by atoms with E-state index in [2.05, 4.69) is 5.32 Å². The third kappa shape index (κ3) is 3.73. The molecule has 0 saturated carbocycles. The summed E-state index contributed by atoms with van der Waals surface area (Å²) in [5.41, 5.74) is 1.26. The average Bonchev–Trinajstić information content (AvgIpc) is 2.43. The average molecular weight is 279 g/mol. The molecule has 0 aromatic heterocycles. The van der Waals surface area contributed by atoms with E-state index in [1.807, 2.05) is 19.9 Å². The van der Waals surface area contributed by atoms with Crippen molar-refractivity contribution in [1.29, 1.82) is 0 Å². The molecule has 0 fully saturated rings. The number of nitrogens with one attached hydrogen (secondary N) is 1. The molecule has 0 unspecified atom stereocenters. The Balaban J connectivity index is 3.00. The van der Waals surface area contributed by atoms with E-state index in [4.69, 9.17) is 4.74 Å². The van der Waals surface area contributed by atoms with Crippen LogP contribution in [0.25, 0.3) is 0 Å². The molecular weight excluding hydrogens is 258 g/mol. The Hall–Kier alpha value is -2.04.